The molecule has 0 saturated heterocycles. The first-order valence-corrected chi connectivity index (χ1v) is 5.97. The second kappa shape index (κ2) is 7.14. The molecule has 0 radical (unpaired) electrons. The summed E-state index contributed by atoms with van der Waals surface area (Å²) in [5.74, 6) is 0.819. The van der Waals surface area contributed by atoms with Crippen LogP contribution in [0.25, 0.3) is 0 Å². The fourth-order valence-corrected chi connectivity index (χ4v) is 1.80. The number of nitrogens with two attached hydrogens (primary N) is 1. The number of benzene rings is 1. The molecule has 1 aromatic carbocycles. The molecular weight excluding hydrogens is 216 g/mol. The molecule has 0 aromatic heterocycles. The van der Waals surface area contributed by atoms with Gasteiger partial charge in [-0.15, -0.1) is 0 Å². The first-order valence-electron chi connectivity index (χ1n) is 5.97. The largest absolute Gasteiger partial charge is 0.496 e. The Morgan fingerprint density at radius 1 is 1.47 bits per heavy atom. The quantitative estimate of drug-likeness (QED) is 0.630. The molecule has 4 N–H and O–H groups in total. The van der Waals surface area contributed by atoms with Crippen LogP contribution in [0, 0.1) is 0 Å². The third-order valence-corrected chi connectivity index (χ3v) is 2.74. The van der Waals surface area contributed by atoms with Crippen molar-refractivity contribution in [1.29, 1.82) is 0 Å². The van der Waals surface area contributed by atoms with Gasteiger partial charge in [0.05, 0.1) is 13.7 Å². The van der Waals surface area contributed by atoms with Crippen LogP contribution in [0.5, 0.6) is 5.75 Å². The van der Waals surface area contributed by atoms with Gasteiger partial charge in [0, 0.05) is 23.8 Å². The SMILES string of the molecule is CCCC(CO)NCc1cc(N)ccc1OC. The third kappa shape index (κ3) is 4.24. The van der Waals surface area contributed by atoms with E-state index in [0.29, 0.717) is 6.54 Å². The van der Waals surface area contributed by atoms with Crippen LogP contribution >= 0.6 is 0 Å². The highest BCUT2D eigenvalue weighted by atomic mass is 16.5. The number of ether oxygens (including phenoxy) is 1. The molecule has 0 spiro atoms. The van der Waals surface area contributed by atoms with Crippen molar-refractivity contribution in [2.75, 3.05) is 19.5 Å². The minimum absolute atomic E-state index is 0.131. The minimum atomic E-state index is 0.131. The molecule has 0 heterocycles. The second-order valence-corrected chi connectivity index (χ2v) is 4.12. The summed E-state index contributed by atoms with van der Waals surface area (Å²) in [6.07, 6.45) is 2.01. The highest BCUT2D eigenvalue weighted by Crippen LogP contribution is 2.21. The van der Waals surface area contributed by atoms with E-state index in [1.54, 1.807) is 7.11 Å². The van der Waals surface area contributed by atoms with Crippen LogP contribution in [0.15, 0.2) is 18.2 Å². The molecule has 0 fully saturated rings. The minimum Gasteiger partial charge on any atom is -0.496 e. The van der Waals surface area contributed by atoms with Crippen molar-refractivity contribution in [3.63, 3.8) is 0 Å². The molecule has 4 heteroatoms. The number of nitrogens with one attached hydrogen (secondary N) is 1. The summed E-state index contributed by atoms with van der Waals surface area (Å²) < 4.78 is 5.27. The van der Waals surface area contributed by atoms with Crippen molar-refractivity contribution < 1.29 is 9.84 Å². The fourth-order valence-electron chi connectivity index (χ4n) is 1.80. The molecule has 0 saturated carbocycles. The molecule has 1 unspecified atom stereocenters. The van der Waals surface area contributed by atoms with E-state index in [1.807, 2.05) is 18.2 Å². The van der Waals surface area contributed by atoms with E-state index >= 15 is 0 Å². The van der Waals surface area contributed by atoms with Crippen LogP contribution in [0.4, 0.5) is 5.69 Å². The lowest BCUT2D eigenvalue weighted by molar-refractivity contribution is 0.233. The van der Waals surface area contributed by atoms with Crippen LogP contribution in [-0.4, -0.2) is 24.9 Å². The highest BCUT2D eigenvalue weighted by Gasteiger charge is 2.08. The normalized spacial score (nSPS) is 12.4. The molecule has 17 heavy (non-hydrogen) atoms. The van der Waals surface area contributed by atoms with Crippen molar-refractivity contribution in [1.82, 2.24) is 5.32 Å². The number of nitrogen functional groups attached to an aromatic ring is 1. The van der Waals surface area contributed by atoms with Gasteiger partial charge in [-0.1, -0.05) is 13.3 Å². The van der Waals surface area contributed by atoms with Crippen LogP contribution in [-0.2, 0) is 6.54 Å². The summed E-state index contributed by atoms with van der Waals surface area (Å²) >= 11 is 0. The number of rotatable bonds is 7. The van der Waals surface area contributed by atoms with Crippen molar-refractivity contribution in [3.8, 4) is 5.75 Å². The monoisotopic (exact) mass is 238 g/mol. The number of hydrogen-bond donors (Lipinski definition) is 3. The Hall–Kier alpha value is -1.26. The number of anilines is 1. The van der Waals surface area contributed by atoms with Crippen LogP contribution in [0.2, 0.25) is 0 Å². The molecular formula is C13H22N2O2. The summed E-state index contributed by atoms with van der Waals surface area (Å²) in [4.78, 5) is 0. The molecule has 0 bridgehead atoms. The molecule has 4 nitrogen and oxygen atoms in total. The predicted octanol–water partition coefficient (Wildman–Crippen LogP) is 1.53. The Morgan fingerprint density at radius 2 is 2.24 bits per heavy atom. The molecule has 0 amide bonds. The van der Waals surface area contributed by atoms with Crippen molar-refractivity contribution in [3.05, 3.63) is 23.8 Å². The standard InChI is InChI=1S/C13H22N2O2/c1-3-4-12(9-16)15-8-10-7-11(14)5-6-13(10)17-2/h5-7,12,15-16H,3-4,8-9,14H2,1-2H3. The molecule has 0 aliphatic carbocycles. The lowest BCUT2D eigenvalue weighted by Gasteiger charge is -2.17. The van der Waals surface area contributed by atoms with E-state index in [0.717, 1.165) is 29.8 Å². The first kappa shape index (κ1) is 13.8. The maximum absolute atomic E-state index is 9.20. The van der Waals surface area contributed by atoms with Gasteiger partial charge in [-0.3, -0.25) is 0 Å². The van der Waals surface area contributed by atoms with Crippen LogP contribution in [0.3, 0.4) is 0 Å². The Labute approximate surface area is 103 Å². The van der Waals surface area contributed by atoms with Gasteiger partial charge in [0.2, 0.25) is 0 Å². The first-order chi connectivity index (χ1) is 8.21. The molecule has 0 aliphatic rings. The van der Waals surface area contributed by atoms with Crippen molar-refractivity contribution >= 4 is 5.69 Å². The Bertz CT molecular complexity index is 342. The third-order valence-electron chi connectivity index (χ3n) is 2.74. The number of hydrogen-bond acceptors (Lipinski definition) is 4. The van der Waals surface area contributed by atoms with Gasteiger partial charge in [-0.25, -0.2) is 0 Å². The maximum Gasteiger partial charge on any atom is 0.123 e. The summed E-state index contributed by atoms with van der Waals surface area (Å²) in [5, 5.41) is 12.5. The average molecular weight is 238 g/mol. The highest BCUT2D eigenvalue weighted by molar-refractivity contribution is 5.47. The summed E-state index contributed by atoms with van der Waals surface area (Å²) in [6.45, 7) is 2.91. The molecule has 0 aliphatic heterocycles. The second-order valence-electron chi connectivity index (χ2n) is 4.12. The lowest BCUT2D eigenvalue weighted by atomic mass is 10.1. The van der Waals surface area contributed by atoms with E-state index in [-0.39, 0.29) is 12.6 Å². The number of aliphatic hydroxyl groups excluding tert-OH is 1. The molecule has 1 atom stereocenters. The van der Waals surface area contributed by atoms with E-state index in [2.05, 4.69) is 12.2 Å². The van der Waals surface area contributed by atoms with E-state index in [4.69, 9.17) is 10.5 Å². The zero-order valence-electron chi connectivity index (χ0n) is 10.6. The van der Waals surface area contributed by atoms with Gasteiger partial charge in [0.1, 0.15) is 5.75 Å². The summed E-state index contributed by atoms with van der Waals surface area (Å²) in [5.41, 5.74) is 7.48. The van der Waals surface area contributed by atoms with Gasteiger partial charge >= 0.3 is 0 Å². The smallest absolute Gasteiger partial charge is 0.123 e. The number of aliphatic hydroxyl groups is 1. The zero-order valence-corrected chi connectivity index (χ0v) is 10.6. The average Bonchev–Trinajstić information content (AvgIpc) is 2.34. The van der Waals surface area contributed by atoms with Crippen molar-refractivity contribution in [2.45, 2.75) is 32.4 Å². The van der Waals surface area contributed by atoms with Gasteiger partial charge in [-0.05, 0) is 24.6 Å². The van der Waals surface area contributed by atoms with Crippen molar-refractivity contribution in [2.24, 2.45) is 0 Å². The summed E-state index contributed by atoms with van der Waals surface area (Å²) in [7, 11) is 1.64. The summed E-state index contributed by atoms with van der Waals surface area (Å²) in [6, 6.07) is 5.70. The molecule has 1 rings (SSSR count). The fraction of sp³-hybridized carbons (Fsp3) is 0.538. The van der Waals surface area contributed by atoms with Gasteiger partial charge < -0.3 is 20.9 Å². The van der Waals surface area contributed by atoms with E-state index in [1.165, 1.54) is 0 Å². The van der Waals surface area contributed by atoms with Crippen LogP contribution < -0.4 is 15.8 Å². The Balaban J connectivity index is 2.63. The zero-order chi connectivity index (χ0) is 12.7. The van der Waals surface area contributed by atoms with Gasteiger partial charge in [-0.2, -0.15) is 0 Å². The van der Waals surface area contributed by atoms with E-state index < -0.39 is 0 Å². The van der Waals surface area contributed by atoms with E-state index in [9.17, 15) is 5.11 Å². The lowest BCUT2D eigenvalue weighted by Crippen LogP contribution is -2.31. The van der Waals surface area contributed by atoms with Crippen LogP contribution in [0.1, 0.15) is 25.3 Å². The van der Waals surface area contributed by atoms with Gasteiger partial charge in [0.25, 0.3) is 0 Å². The molecule has 1 aromatic rings. The Kier molecular flexibility index (Phi) is 5.80. The predicted molar refractivity (Wildman–Crippen MR) is 70.0 cm³/mol. The topological polar surface area (TPSA) is 67.5 Å². The molecule has 96 valence electrons. The Morgan fingerprint density at radius 3 is 2.82 bits per heavy atom. The van der Waals surface area contributed by atoms with Gasteiger partial charge in [0.15, 0.2) is 0 Å². The number of methoxy groups -OCH3 is 1. The maximum atomic E-state index is 9.20.